The van der Waals surface area contributed by atoms with Gasteiger partial charge in [-0.1, -0.05) is 6.07 Å². The van der Waals surface area contributed by atoms with Gasteiger partial charge in [0.2, 0.25) is 0 Å². The van der Waals surface area contributed by atoms with Gasteiger partial charge in [-0.25, -0.2) is 13.8 Å². The van der Waals surface area contributed by atoms with Crippen LogP contribution in [0.2, 0.25) is 0 Å². The lowest BCUT2D eigenvalue weighted by molar-refractivity contribution is 0.0590. The maximum Gasteiger partial charge on any atom is 0.254 e. The molecule has 170 valence electrons. The summed E-state index contributed by atoms with van der Waals surface area (Å²) in [5, 5.41) is 7.22. The van der Waals surface area contributed by atoms with E-state index in [1.54, 1.807) is 20.9 Å². The van der Waals surface area contributed by atoms with Gasteiger partial charge in [0.15, 0.2) is 17.2 Å². The van der Waals surface area contributed by atoms with Crippen molar-refractivity contribution < 1.29 is 18.3 Å². The normalized spacial score (nSPS) is 14.7. The van der Waals surface area contributed by atoms with Gasteiger partial charge in [0.1, 0.15) is 11.9 Å². The third-order valence-corrected chi connectivity index (χ3v) is 6.78. The van der Waals surface area contributed by atoms with E-state index in [-0.39, 0.29) is 17.8 Å². The van der Waals surface area contributed by atoms with Crippen molar-refractivity contribution in [2.75, 3.05) is 13.1 Å². The smallest absolute Gasteiger partial charge is 0.254 e. The molecule has 9 heteroatoms. The summed E-state index contributed by atoms with van der Waals surface area (Å²) in [6.45, 7) is 2.83. The molecule has 0 saturated carbocycles. The Balaban J connectivity index is 1.38. The molecule has 1 fully saturated rings. The van der Waals surface area contributed by atoms with Crippen molar-refractivity contribution in [3.05, 3.63) is 64.7 Å². The molecular formula is C24H22F2N4O2S. The van der Waals surface area contributed by atoms with Gasteiger partial charge >= 0.3 is 0 Å². The summed E-state index contributed by atoms with van der Waals surface area (Å²) in [6, 6.07) is 9.07. The first-order valence-electron chi connectivity index (χ1n) is 10.7. The number of aromatic nitrogens is 3. The number of hydrogen-bond donors (Lipinski definition) is 0. The quantitative estimate of drug-likeness (QED) is 0.425. The second-order valence-electron chi connectivity index (χ2n) is 8.12. The number of rotatable bonds is 4. The van der Waals surface area contributed by atoms with Crippen LogP contribution in [0, 0.1) is 18.6 Å². The van der Waals surface area contributed by atoms with Gasteiger partial charge in [-0.2, -0.15) is 5.10 Å². The largest absolute Gasteiger partial charge is 0.487 e. The average molecular weight is 469 g/mol. The van der Waals surface area contributed by atoms with Crippen LogP contribution in [0.15, 0.2) is 41.8 Å². The fourth-order valence-electron chi connectivity index (χ4n) is 4.26. The molecule has 0 N–H and O–H groups in total. The number of ether oxygens (including phenoxy) is 1. The van der Waals surface area contributed by atoms with Crippen LogP contribution in [0.4, 0.5) is 8.78 Å². The minimum absolute atomic E-state index is 0.0311. The summed E-state index contributed by atoms with van der Waals surface area (Å²) < 4.78 is 34.5. The predicted molar refractivity (Wildman–Crippen MR) is 122 cm³/mol. The lowest BCUT2D eigenvalue weighted by atomic mass is 10.0. The van der Waals surface area contributed by atoms with E-state index >= 15 is 0 Å². The van der Waals surface area contributed by atoms with E-state index in [1.165, 1.54) is 12.1 Å². The van der Waals surface area contributed by atoms with Crippen molar-refractivity contribution in [3.63, 3.8) is 0 Å². The molecule has 1 saturated heterocycles. The molecular weight excluding hydrogens is 446 g/mol. The first kappa shape index (κ1) is 21.5. The zero-order chi connectivity index (χ0) is 23.1. The van der Waals surface area contributed by atoms with Crippen molar-refractivity contribution in [2.45, 2.75) is 25.9 Å². The Morgan fingerprint density at radius 3 is 2.67 bits per heavy atom. The summed E-state index contributed by atoms with van der Waals surface area (Å²) in [4.78, 5) is 21.1. The van der Waals surface area contributed by atoms with Crippen LogP contribution in [-0.4, -0.2) is 44.8 Å². The van der Waals surface area contributed by atoms with Crippen LogP contribution in [0.3, 0.4) is 0 Å². The molecule has 4 aromatic rings. The average Bonchev–Trinajstić information content (AvgIpc) is 3.44. The van der Waals surface area contributed by atoms with Gasteiger partial charge in [-0.05, 0) is 36.6 Å². The predicted octanol–water partition coefficient (Wildman–Crippen LogP) is 4.97. The zero-order valence-corrected chi connectivity index (χ0v) is 19.0. The van der Waals surface area contributed by atoms with Gasteiger partial charge in [0.05, 0.1) is 27.2 Å². The number of amides is 1. The van der Waals surface area contributed by atoms with Crippen molar-refractivity contribution in [1.82, 2.24) is 19.7 Å². The SMILES string of the molecule is Cc1nn(C)c2nc(-c3cccs3)cc(C(=O)N3CCC(Oc4ccc(F)cc4F)CC3)c12. The van der Waals surface area contributed by atoms with Crippen molar-refractivity contribution >= 4 is 28.3 Å². The van der Waals surface area contributed by atoms with Crippen LogP contribution >= 0.6 is 11.3 Å². The number of nitrogens with zero attached hydrogens (tertiary/aromatic N) is 4. The van der Waals surface area contributed by atoms with E-state index in [0.717, 1.165) is 27.7 Å². The Kier molecular flexibility index (Phi) is 5.57. The Hall–Kier alpha value is -3.33. The number of fused-ring (bicyclic) bond motifs is 1. The first-order valence-corrected chi connectivity index (χ1v) is 11.6. The molecule has 33 heavy (non-hydrogen) atoms. The topological polar surface area (TPSA) is 60.2 Å². The highest BCUT2D eigenvalue weighted by molar-refractivity contribution is 7.13. The number of carbonyl (C=O) groups excluding carboxylic acids is 1. The highest BCUT2D eigenvalue weighted by Gasteiger charge is 2.28. The fourth-order valence-corrected chi connectivity index (χ4v) is 4.95. The lowest BCUT2D eigenvalue weighted by Gasteiger charge is -2.32. The minimum Gasteiger partial charge on any atom is -0.487 e. The van der Waals surface area contributed by atoms with Crippen LogP contribution in [0.25, 0.3) is 21.6 Å². The minimum atomic E-state index is -0.721. The standard InChI is InChI=1S/C24H22F2N4O2S/c1-14-22-17(13-19(21-4-3-11-33-21)27-23(22)29(2)28-14)24(31)30-9-7-16(8-10-30)32-20-6-5-15(25)12-18(20)26/h3-6,11-13,16H,7-10H2,1-2H3. The summed E-state index contributed by atoms with van der Waals surface area (Å²) in [5.74, 6) is -1.41. The Morgan fingerprint density at radius 2 is 1.97 bits per heavy atom. The number of thiophene rings is 1. The number of pyridine rings is 1. The van der Waals surface area contributed by atoms with E-state index < -0.39 is 11.6 Å². The van der Waals surface area contributed by atoms with E-state index in [9.17, 15) is 13.6 Å². The monoisotopic (exact) mass is 468 g/mol. The van der Waals surface area contributed by atoms with Crippen LogP contribution in [0.1, 0.15) is 28.9 Å². The molecule has 3 aromatic heterocycles. The number of carbonyl (C=O) groups is 1. The molecule has 0 atom stereocenters. The van der Waals surface area contributed by atoms with Gasteiger partial charge in [-0.3, -0.25) is 9.48 Å². The molecule has 1 aromatic carbocycles. The summed E-state index contributed by atoms with van der Waals surface area (Å²) >= 11 is 1.57. The van der Waals surface area contributed by atoms with E-state index in [2.05, 4.69) is 5.10 Å². The number of piperidine rings is 1. The van der Waals surface area contributed by atoms with Crippen molar-refractivity contribution in [2.24, 2.45) is 7.05 Å². The number of aryl methyl sites for hydroxylation is 2. The highest BCUT2D eigenvalue weighted by Crippen LogP contribution is 2.31. The van der Waals surface area contributed by atoms with E-state index in [1.807, 2.05) is 37.6 Å². The molecule has 6 nitrogen and oxygen atoms in total. The Morgan fingerprint density at radius 1 is 1.18 bits per heavy atom. The summed E-state index contributed by atoms with van der Waals surface area (Å²) in [6.07, 6.45) is 0.870. The molecule has 0 radical (unpaired) electrons. The zero-order valence-electron chi connectivity index (χ0n) is 18.2. The number of hydrogen-bond acceptors (Lipinski definition) is 5. The number of benzene rings is 1. The molecule has 1 amide bonds. The van der Waals surface area contributed by atoms with Crippen LogP contribution < -0.4 is 4.74 Å². The molecule has 1 aliphatic heterocycles. The van der Waals surface area contributed by atoms with Gasteiger partial charge in [0, 0.05) is 39.0 Å². The van der Waals surface area contributed by atoms with Gasteiger partial charge in [0.25, 0.3) is 5.91 Å². The second-order valence-corrected chi connectivity index (χ2v) is 9.07. The molecule has 0 unspecified atom stereocenters. The van der Waals surface area contributed by atoms with Crippen molar-refractivity contribution in [1.29, 1.82) is 0 Å². The third kappa shape index (κ3) is 4.08. The summed E-state index contributed by atoms with van der Waals surface area (Å²) in [7, 11) is 1.83. The molecule has 1 aliphatic rings. The van der Waals surface area contributed by atoms with E-state index in [0.29, 0.717) is 37.1 Å². The van der Waals surface area contributed by atoms with Crippen LogP contribution in [-0.2, 0) is 7.05 Å². The third-order valence-electron chi connectivity index (χ3n) is 5.89. The molecule has 5 rings (SSSR count). The maximum absolute atomic E-state index is 13.9. The number of likely N-dealkylation sites (tertiary alicyclic amines) is 1. The Bertz CT molecular complexity index is 1330. The van der Waals surface area contributed by atoms with Crippen molar-refractivity contribution in [3.8, 4) is 16.3 Å². The highest BCUT2D eigenvalue weighted by atomic mass is 32.1. The van der Waals surface area contributed by atoms with E-state index in [4.69, 9.17) is 9.72 Å². The van der Waals surface area contributed by atoms with Gasteiger partial charge in [-0.15, -0.1) is 11.3 Å². The number of halogens is 2. The first-order chi connectivity index (χ1) is 15.9. The second kappa shape index (κ2) is 8.55. The molecule has 0 aliphatic carbocycles. The molecule has 0 bridgehead atoms. The fraction of sp³-hybridized carbons (Fsp3) is 0.292. The summed E-state index contributed by atoms with van der Waals surface area (Å²) in [5.41, 5.74) is 2.75. The molecule has 4 heterocycles. The lowest BCUT2D eigenvalue weighted by Crippen LogP contribution is -2.42. The van der Waals surface area contributed by atoms with Gasteiger partial charge < -0.3 is 9.64 Å². The Labute approximate surface area is 193 Å². The van der Waals surface area contributed by atoms with Crippen LogP contribution in [0.5, 0.6) is 5.75 Å². The molecule has 0 spiro atoms. The maximum atomic E-state index is 13.9.